The maximum absolute atomic E-state index is 8.89. The van der Waals surface area contributed by atoms with Gasteiger partial charge in [0.1, 0.15) is 0 Å². The number of hydrogen-bond acceptors (Lipinski definition) is 1. The van der Waals surface area contributed by atoms with Gasteiger partial charge >= 0.3 is 0 Å². The van der Waals surface area contributed by atoms with E-state index in [4.69, 9.17) is 16.7 Å². The average molecular weight is 307 g/mol. The van der Waals surface area contributed by atoms with Gasteiger partial charge in [-0.15, -0.1) is 11.6 Å². The molecule has 20 heavy (non-hydrogen) atoms. The van der Waals surface area contributed by atoms with Crippen molar-refractivity contribution in [2.75, 3.05) is 33.8 Å². The van der Waals surface area contributed by atoms with E-state index in [0.717, 1.165) is 36.8 Å². The predicted molar refractivity (Wildman–Crippen MR) is 90.4 cm³/mol. The van der Waals surface area contributed by atoms with Crippen LogP contribution in [0.1, 0.15) is 71.1 Å². The molecular weight excluding hydrogens is 270 g/mol. The average Bonchev–Trinajstić information content (AvgIpc) is 2.42. The van der Waals surface area contributed by atoms with Crippen LogP contribution in [-0.4, -0.2) is 48.8 Å². The molecule has 0 aliphatic carbocycles. The molecule has 0 aromatic heterocycles. The van der Waals surface area contributed by atoms with Crippen molar-refractivity contribution >= 4 is 11.6 Å². The van der Waals surface area contributed by atoms with Crippen LogP contribution in [0.5, 0.6) is 0 Å². The summed E-state index contributed by atoms with van der Waals surface area (Å²) < 4.78 is 0.973. The zero-order valence-electron chi connectivity index (χ0n) is 14.0. The molecule has 1 N–H and O–H groups in total. The van der Waals surface area contributed by atoms with Crippen molar-refractivity contribution < 1.29 is 9.59 Å². The van der Waals surface area contributed by atoms with Gasteiger partial charge in [-0.25, -0.2) is 0 Å². The highest BCUT2D eigenvalue weighted by molar-refractivity contribution is 6.20. The second-order valence-corrected chi connectivity index (χ2v) is 7.37. The third-order valence-corrected chi connectivity index (χ3v) is 4.53. The third-order valence-electron chi connectivity index (χ3n) is 4.09. The van der Waals surface area contributed by atoms with E-state index in [0.29, 0.717) is 12.0 Å². The molecule has 1 atom stereocenters. The van der Waals surface area contributed by atoms with Crippen LogP contribution in [0.4, 0.5) is 0 Å². The standard InChI is InChI=1S/C17H37ClNO/c1-4-5-6-7-8-9-10-12-17(18)13-15-19(2,3)14-11-16-20/h17,20H,4-16H2,1-3H3/q+1. The van der Waals surface area contributed by atoms with E-state index in [-0.39, 0.29) is 0 Å². The first-order valence-electron chi connectivity index (χ1n) is 8.58. The molecule has 3 heteroatoms. The molecule has 1 unspecified atom stereocenters. The Balaban J connectivity index is 3.46. The summed E-state index contributed by atoms with van der Waals surface area (Å²) in [5, 5.41) is 9.22. The Morgan fingerprint density at radius 1 is 0.850 bits per heavy atom. The lowest BCUT2D eigenvalue weighted by Crippen LogP contribution is -2.42. The summed E-state index contributed by atoms with van der Waals surface area (Å²) in [6, 6.07) is 0. The van der Waals surface area contributed by atoms with Crippen LogP contribution in [0.25, 0.3) is 0 Å². The molecule has 0 fully saturated rings. The topological polar surface area (TPSA) is 20.2 Å². The third kappa shape index (κ3) is 13.2. The fraction of sp³-hybridized carbons (Fsp3) is 1.00. The minimum Gasteiger partial charge on any atom is -0.396 e. The van der Waals surface area contributed by atoms with Crippen LogP contribution < -0.4 is 0 Å². The van der Waals surface area contributed by atoms with Gasteiger partial charge in [-0.05, 0) is 6.42 Å². The number of aliphatic hydroxyl groups is 1. The lowest BCUT2D eigenvalue weighted by Gasteiger charge is -2.30. The molecule has 0 aromatic rings. The van der Waals surface area contributed by atoms with Crippen LogP contribution in [-0.2, 0) is 0 Å². The van der Waals surface area contributed by atoms with Crippen LogP contribution in [0, 0.1) is 0 Å². The highest BCUT2D eigenvalue weighted by atomic mass is 35.5. The monoisotopic (exact) mass is 306 g/mol. The first kappa shape index (κ1) is 20.2. The van der Waals surface area contributed by atoms with Crippen molar-refractivity contribution in [2.45, 2.75) is 76.5 Å². The highest BCUT2D eigenvalue weighted by Gasteiger charge is 2.16. The number of hydrogen-bond donors (Lipinski definition) is 1. The van der Waals surface area contributed by atoms with Gasteiger partial charge < -0.3 is 9.59 Å². The van der Waals surface area contributed by atoms with Crippen LogP contribution in [0.3, 0.4) is 0 Å². The smallest absolute Gasteiger partial charge is 0.0804 e. The molecule has 0 aromatic carbocycles. The fourth-order valence-corrected chi connectivity index (χ4v) is 2.82. The zero-order chi connectivity index (χ0) is 15.3. The van der Waals surface area contributed by atoms with E-state index < -0.39 is 0 Å². The summed E-state index contributed by atoms with van der Waals surface area (Å²) in [4.78, 5) is 0. The maximum Gasteiger partial charge on any atom is 0.0804 e. The largest absolute Gasteiger partial charge is 0.396 e. The van der Waals surface area contributed by atoms with Crippen molar-refractivity contribution in [1.82, 2.24) is 0 Å². The molecule has 122 valence electrons. The first-order chi connectivity index (χ1) is 9.52. The van der Waals surface area contributed by atoms with Crippen LogP contribution in [0.15, 0.2) is 0 Å². The van der Waals surface area contributed by atoms with Crippen molar-refractivity contribution in [3.63, 3.8) is 0 Å². The van der Waals surface area contributed by atoms with Crippen molar-refractivity contribution in [3.8, 4) is 0 Å². The summed E-state index contributed by atoms with van der Waals surface area (Å²) in [5.41, 5.74) is 0. The normalized spacial score (nSPS) is 13.7. The Hall–Kier alpha value is 0.210. The van der Waals surface area contributed by atoms with Crippen molar-refractivity contribution in [2.24, 2.45) is 0 Å². The lowest BCUT2D eigenvalue weighted by atomic mass is 10.1. The van der Waals surface area contributed by atoms with Gasteiger partial charge in [-0.1, -0.05) is 51.9 Å². The fourth-order valence-electron chi connectivity index (χ4n) is 2.57. The van der Waals surface area contributed by atoms with E-state index in [1.807, 2.05) is 0 Å². The highest BCUT2D eigenvalue weighted by Crippen LogP contribution is 2.16. The zero-order valence-corrected chi connectivity index (χ0v) is 14.8. The molecule has 0 amide bonds. The second-order valence-electron chi connectivity index (χ2n) is 6.76. The number of aliphatic hydroxyl groups excluding tert-OH is 1. The van der Waals surface area contributed by atoms with Gasteiger partial charge in [0.2, 0.25) is 0 Å². The second kappa shape index (κ2) is 12.9. The van der Waals surface area contributed by atoms with Crippen LogP contribution >= 0.6 is 11.6 Å². The van der Waals surface area contributed by atoms with E-state index in [1.165, 1.54) is 44.9 Å². The quantitative estimate of drug-likeness (QED) is 0.283. The van der Waals surface area contributed by atoms with E-state index in [9.17, 15) is 0 Å². The number of rotatable bonds is 14. The van der Waals surface area contributed by atoms with Gasteiger partial charge in [0.25, 0.3) is 0 Å². The molecule has 0 bridgehead atoms. The number of unbranched alkanes of at least 4 members (excludes halogenated alkanes) is 6. The molecule has 0 aliphatic heterocycles. The minimum atomic E-state index is 0.296. The summed E-state index contributed by atoms with van der Waals surface area (Å²) in [6.07, 6.45) is 12.7. The Kier molecular flexibility index (Phi) is 13.0. The van der Waals surface area contributed by atoms with Gasteiger partial charge in [0.15, 0.2) is 0 Å². The number of nitrogens with zero attached hydrogens (tertiary/aromatic N) is 1. The summed E-state index contributed by atoms with van der Waals surface area (Å²) in [5.74, 6) is 0. The van der Waals surface area contributed by atoms with E-state index in [2.05, 4.69) is 21.0 Å². The Bertz CT molecular complexity index is 209. The number of halogens is 1. The molecule has 0 heterocycles. The van der Waals surface area contributed by atoms with E-state index >= 15 is 0 Å². The van der Waals surface area contributed by atoms with Gasteiger partial charge in [0.05, 0.1) is 27.2 Å². The minimum absolute atomic E-state index is 0.296. The van der Waals surface area contributed by atoms with Gasteiger partial charge in [-0.2, -0.15) is 0 Å². The predicted octanol–water partition coefficient (Wildman–Crippen LogP) is 4.58. The van der Waals surface area contributed by atoms with E-state index in [1.54, 1.807) is 0 Å². The molecule has 2 nitrogen and oxygen atoms in total. The Morgan fingerprint density at radius 2 is 1.45 bits per heavy atom. The van der Waals surface area contributed by atoms with Crippen molar-refractivity contribution in [3.05, 3.63) is 0 Å². The Morgan fingerprint density at radius 3 is 2.05 bits per heavy atom. The van der Waals surface area contributed by atoms with Gasteiger partial charge in [0, 0.05) is 24.8 Å². The molecule has 0 spiro atoms. The van der Waals surface area contributed by atoms with Gasteiger partial charge in [-0.3, -0.25) is 0 Å². The number of quaternary nitrogens is 1. The molecular formula is C17H37ClNO+. The summed E-state index contributed by atoms with van der Waals surface area (Å²) in [6.45, 7) is 4.71. The lowest BCUT2D eigenvalue weighted by molar-refractivity contribution is -0.890. The number of alkyl halides is 1. The Labute approximate surface area is 132 Å². The first-order valence-corrected chi connectivity index (χ1v) is 9.02. The summed E-state index contributed by atoms with van der Waals surface area (Å²) in [7, 11) is 4.46. The summed E-state index contributed by atoms with van der Waals surface area (Å²) >= 11 is 6.42. The molecule has 0 rings (SSSR count). The molecule has 0 aliphatic rings. The van der Waals surface area contributed by atoms with Crippen LogP contribution in [0.2, 0.25) is 0 Å². The molecule has 0 saturated carbocycles. The SMILES string of the molecule is CCCCCCCCCC(Cl)CC[N+](C)(C)CCCO. The maximum atomic E-state index is 8.89. The molecule has 0 radical (unpaired) electrons. The van der Waals surface area contributed by atoms with Crippen molar-refractivity contribution in [1.29, 1.82) is 0 Å². The molecule has 0 saturated heterocycles.